The lowest BCUT2D eigenvalue weighted by Gasteiger charge is -2.12. The van der Waals surface area contributed by atoms with Gasteiger partial charge in [-0.15, -0.1) is 0 Å². The number of esters is 1. The molecule has 0 saturated carbocycles. The van der Waals surface area contributed by atoms with Crippen LogP contribution >= 0.6 is 15.9 Å². The van der Waals surface area contributed by atoms with Gasteiger partial charge in [0.15, 0.2) is 6.10 Å². The van der Waals surface area contributed by atoms with Crippen molar-refractivity contribution in [2.75, 3.05) is 5.32 Å². The zero-order valence-corrected chi connectivity index (χ0v) is 13.9. The summed E-state index contributed by atoms with van der Waals surface area (Å²) >= 11 is 3.02. The average molecular weight is 395 g/mol. The first-order chi connectivity index (χ1) is 11.4. The molecule has 0 saturated heterocycles. The second-order valence-electron chi connectivity index (χ2n) is 4.53. The Bertz CT molecular complexity index is 784. The Morgan fingerprint density at radius 3 is 2.62 bits per heavy atom. The van der Waals surface area contributed by atoms with Gasteiger partial charge < -0.3 is 4.74 Å². The Morgan fingerprint density at radius 1 is 1.33 bits per heavy atom. The van der Waals surface area contributed by atoms with Crippen LogP contribution in [0.2, 0.25) is 0 Å². The third-order valence-corrected chi connectivity index (χ3v) is 3.50. The first-order valence-electron chi connectivity index (χ1n) is 6.61. The lowest BCUT2D eigenvalue weighted by Crippen LogP contribution is -2.30. The highest BCUT2D eigenvalue weighted by Gasteiger charge is 2.22. The van der Waals surface area contributed by atoms with Crippen LogP contribution in [0.15, 0.2) is 41.1 Å². The van der Waals surface area contributed by atoms with Crippen LogP contribution in [0.1, 0.15) is 17.3 Å². The Labute approximate surface area is 144 Å². The molecular formula is C14H11BrN4O5. The predicted octanol–water partition coefficient (Wildman–Crippen LogP) is 2.33. The van der Waals surface area contributed by atoms with Gasteiger partial charge in [0.05, 0.1) is 15.0 Å². The van der Waals surface area contributed by atoms with E-state index in [4.69, 9.17) is 4.74 Å². The molecule has 2 aromatic rings. The van der Waals surface area contributed by atoms with E-state index in [1.807, 2.05) is 0 Å². The highest BCUT2D eigenvalue weighted by atomic mass is 79.9. The first-order valence-corrected chi connectivity index (χ1v) is 7.40. The maximum atomic E-state index is 12.0. The number of hydrogen-bond acceptors (Lipinski definition) is 7. The molecule has 1 aromatic heterocycles. The van der Waals surface area contributed by atoms with E-state index in [1.54, 1.807) is 6.07 Å². The van der Waals surface area contributed by atoms with Crippen LogP contribution < -0.4 is 5.32 Å². The lowest BCUT2D eigenvalue weighted by molar-refractivity contribution is -0.385. The van der Waals surface area contributed by atoms with E-state index in [-0.39, 0.29) is 21.7 Å². The van der Waals surface area contributed by atoms with E-state index in [0.29, 0.717) is 0 Å². The topological polar surface area (TPSA) is 124 Å². The van der Waals surface area contributed by atoms with Crippen LogP contribution in [0.3, 0.4) is 0 Å². The van der Waals surface area contributed by atoms with Gasteiger partial charge in [0.1, 0.15) is 0 Å². The molecule has 2 rings (SSSR count). The number of carbonyl (C=O) groups excluding carboxylic acids is 2. The van der Waals surface area contributed by atoms with Crippen LogP contribution in [-0.2, 0) is 9.53 Å². The summed E-state index contributed by atoms with van der Waals surface area (Å²) in [4.78, 5) is 41.8. The molecule has 10 heteroatoms. The van der Waals surface area contributed by atoms with Crippen molar-refractivity contribution in [3.8, 4) is 0 Å². The fourth-order valence-electron chi connectivity index (χ4n) is 1.64. The number of nitro benzene ring substituents is 1. The van der Waals surface area contributed by atoms with Crippen molar-refractivity contribution in [2.45, 2.75) is 13.0 Å². The molecule has 1 atom stereocenters. The quantitative estimate of drug-likeness (QED) is 0.468. The molecule has 9 nitrogen and oxygen atoms in total. The van der Waals surface area contributed by atoms with E-state index in [2.05, 4.69) is 31.2 Å². The highest BCUT2D eigenvalue weighted by molar-refractivity contribution is 9.10. The standard InChI is InChI=1S/C14H11BrN4O5/c1-8(12(20)18-14-16-5-2-6-17-14)24-13(21)9-3-4-10(15)11(7-9)19(22)23/h2-8H,1H3,(H,16,17,18,20). The van der Waals surface area contributed by atoms with Gasteiger partial charge in [-0.2, -0.15) is 0 Å². The first kappa shape index (κ1) is 17.5. The van der Waals surface area contributed by atoms with E-state index in [1.165, 1.54) is 31.5 Å². The number of nitrogens with one attached hydrogen (secondary N) is 1. The number of aromatic nitrogens is 2. The van der Waals surface area contributed by atoms with Crippen molar-refractivity contribution in [1.29, 1.82) is 0 Å². The van der Waals surface area contributed by atoms with Gasteiger partial charge in [0.2, 0.25) is 5.95 Å². The number of amides is 1. The fourth-order valence-corrected chi connectivity index (χ4v) is 2.03. The van der Waals surface area contributed by atoms with Gasteiger partial charge >= 0.3 is 5.97 Å². The minimum Gasteiger partial charge on any atom is -0.449 e. The van der Waals surface area contributed by atoms with Gasteiger partial charge in [-0.25, -0.2) is 14.8 Å². The number of carbonyl (C=O) groups is 2. The number of benzene rings is 1. The number of nitro groups is 1. The molecule has 0 fully saturated rings. The summed E-state index contributed by atoms with van der Waals surface area (Å²) in [6.07, 6.45) is 1.75. The molecule has 124 valence electrons. The lowest BCUT2D eigenvalue weighted by atomic mass is 10.2. The Kier molecular flexibility index (Phi) is 5.53. The predicted molar refractivity (Wildman–Crippen MR) is 86.3 cm³/mol. The maximum Gasteiger partial charge on any atom is 0.339 e. The molecule has 0 aliphatic rings. The van der Waals surface area contributed by atoms with Crippen LogP contribution in [0, 0.1) is 10.1 Å². The molecule has 0 bridgehead atoms. The zero-order chi connectivity index (χ0) is 17.7. The maximum absolute atomic E-state index is 12.0. The molecule has 1 heterocycles. The molecule has 1 unspecified atom stereocenters. The summed E-state index contributed by atoms with van der Waals surface area (Å²) in [6, 6.07) is 5.36. The van der Waals surface area contributed by atoms with E-state index in [9.17, 15) is 19.7 Å². The molecule has 24 heavy (non-hydrogen) atoms. The number of anilines is 1. The van der Waals surface area contributed by atoms with Crippen LogP contribution in [-0.4, -0.2) is 32.9 Å². The van der Waals surface area contributed by atoms with E-state index < -0.39 is 22.9 Å². The third-order valence-electron chi connectivity index (χ3n) is 2.83. The number of ether oxygens (including phenoxy) is 1. The van der Waals surface area contributed by atoms with E-state index >= 15 is 0 Å². The van der Waals surface area contributed by atoms with Crippen molar-refractivity contribution >= 4 is 39.4 Å². The molecule has 0 aliphatic carbocycles. The SMILES string of the molecule is CC(OC(=O)c1ccc(Br)c([N+](=O)[O-])c1)C(=O)Nc1ncccn1. The summed E-state index contributed by atoms with van der Waals surface area (Å²) in [6.45, 7) is 1.36. The number of nitrogens with zero attached hydrogens (tertiary/aromatic N) is 3. The molecule has 0 aliphatic heterocycles. The van der Waals surface area contributed by atoms with E-state index in [0.717, 1.165) is 6.07 Å². The molecule has 1 amide bonds. The Balaban J connectivity index is 2.04. The van der Waals surface area contributed by atoms with Crippen molar-refractivity contribution in [1.82, 2.24) is 9.97 Å². The van der Waals surface area contributed by atoms with Crippen LogP contribution in [0.5, 0.6) is 0 Å². The van der Waals surface area contributed by atoms with Gasteiger partial charge in [-0.1, -0.05) is 0 Å². The molecule has 1 N–H and O–H groups in total. The summed E-state index contributed by atoms with van der Waals surface area (Å²) in [5, 5.41) is 13.3. The number of rotatable bonds is 5. The van der Waals surface area contributed by atoms with Crippen molar-refractivity contribution in [2.24, 2.45) is 0 Å². The summed E-state index contributed by atoms with van der Waals surface area (Å²) in [7, 11) is 0. The molecular weight excluding hydrogens is 384 g/mol. The van der Waals surface area contributed by atoms with Crippen LogP contribution in [0.4, 0.5) is 11.6 Å². The second kappa shape index (κ2) is 7.59. The summed E-state index contributed by atoms with van der Waals surface area (Å²) in [5.41, 5.74) is -0.320. The van der Waals surface area contributed by atoms with Gasteiger partial charge in [0.25, 0.3) is 11.6 Å². The van der Waals surface area contributed by atoms with Crippen molar-refractivity contribution < 1.29 is 19.2 Å². The fraction of sp³-hybridized carbons (Fsp3) is 0.143. The van der Waals surface area contributed by atoms with Gasteiger partial charge in [0, 0.05) is 18.5 Å². The molecule has 0 radical (unpaired) electrons. The second-order valence-corrected chi connectivity index (χ2v) is 5.39. The molecule has 1 aromatic carbocycles. The summed E-state index contributed by atoms with van der Waals surface area (Å²) in [5.74, 6) is -1.41. The van der Waals surface area contributed by atoms with Crippen molar-refractivity contribution in [3.05, 3.63) is 56.8 Å². The average Bonchev–Trinajstić information content (AvgIpc) is 2.55. The Hall–Kier alpha value is -2.88. The zero-order valence-electron chi connectivity index (χ0n) is 12.3. The largest absolute Gasteiger partial charge is 0.449 e. The number of hydrogen-bond donors (Lipinski definition) is 1. The smallest absolute Gasteiger partial charge is 0.339 e. The van der Waals surface area contributed by atoms with Crippen LogP contribution in [0.25, 0.3) is 0 Å². The van der Waals surface area contributed by atoms with Gasteiger partial charge in [-0.3, -0.25) is 20.2 Å². The minimum atomic E-state index is -1.14. The number of halogens is 1. The third kappa shape index (κ3) is 4.32. The minimum absolute atomic E-state index is 0.0412. The van der Waals surface area contributed by atoms with Gasteiger partial charge in [-0.05, 0) is 41.1 Å². The molecule has 0 spiro atoms. The Morgan fingerprint density at radius 2 is 2.00 bits per heavy atom. The normalized spacial score (nSPS) is 11.4. The van der Waals surface area contributed by atoms with Crippen molar-refractivity contribution in [3.63, 3.8) is 0 Å². The monoisotopic (exact) mass is 394 g/mol. The highest BCUT2D eigenvalue weighted by Crippen LogP contribution is 2.26. The summed E-state index contributed by atoms with van der Waals surface area (Å²) < 4.78 is 5.23.